The van der Waals surface area contributed by atoms with E-state index in [4.69, 9.17) is 32.3 Å². The summed E-state index contributed by atoms with van der Waals surface area (Å²) in [5.41, 5.74) is 0. The van der Waals surface area contributed by atoms with Gasteiger partial charge in [0, 0.05) is 19.3 Å². The Bertz CT molecular complexity index is 3270. The number of hydrogen-bond acceptors (Lipinski definition) is 14. The fraction of sp³-hybridized carbons (Fsp3) is 0.655. The number of allylic oxidation sites excluding steroid dienone is 36. The molecule has 0 fully saturated rings. The number of unbranched alkanes of at least 4 members (excludes halogenated alkanes) is 38. The molecule has 131 heavy (non-hydrogen) atoms. The Morgan fingerprint density at radius 2 is 0.382 bits per heavy atom. The van der Waals surface area contributed by atoms with Gasteiger partial charge in [0.1, 0.15) is 25.4 Å². The maximum absolute atomic E-state index is 13.1. The molecule has 0 amide bonds. The molecule has 0 aliphatic heterocycles. The minimum Gasteiger partial charge on any atom is -0.463 e. The average molecular weight is 1860 g/mol. The first-order valence-corrected chi connectivity index (χ1v) is 55.0. The number of ether oxygens (including phenoxy) is 3. The number of carbonyl (C=O) groups excluding carboxylic acids is 3. The third kappa shape index (κ3) is 104. The highest BCUT2D eigenvalue weighted by Crippen LogP contribution is 2.45. The van der Waals surface area contributed by atoms with Gasteiger partial charge in [-0.25, -0.2) is 9.13 Å². The summed E-state index contributed by atoms with van der Waals surface area (Å²) in [6.07, 6.45) is 141. The third-order valence-corrected chi connectivity index (χ3v) is 23.6. The van der Waals surface area contributed by atoms with E-state index in [1.165, 1.54) is 161 Å². The molecule has 0 aromatic carbocycles. The third-order valence-electron chi connectivity index (χ3n) is 21.7. The SMILES string of the molecule is CC/C=C\C/C=C\C/C=C\C/C=C\C/C=C\C/C=C\CCCCCCCCCCCCCCCCCCC(=O)OCC(O)COP(=O)(O)OCC(O)COP(=O)(O)OCC(COC(=O)CCCCCCCCCCCCCCCCCC/C=C\C/C=C\C/C=C\C/C=C\C/C=C\C/C=C\CC)OC(=O)CCCCCCCC/C=C\C/C=C\C/C=C\C/C=C\C/C=C\C/C=C\CC. The van der Waals surface area contributed by atoms with E-state index >= 15 is 0 Å². The molecule has 0 rings (SSSR count). The van der Waals surface area contributed by atoms with Gasteiger partial charge in [-0.3, -0.25) is 32.5 Å². The quantitative estimate of drug-likeness (QED) is 0.0146. The largest absolute Gasteiger partial charge is 0.472 e. The van der Waals surface area contributed by atoms with Crippen LogP contribution < -0.4 is 0 Å². The van der Waals surface area contributed by atoms with E-state index < -0.39 is 91.5 Å². The van der Waals surface area contributed by atoms with E-state index in [9.17, 15) is 43.5 Å². The van der Waals surface area contributed by atoms with Gasteiger partial charge in [0.25, 0.3) is 0 Å². The highest BCUT2D eigenvalue weighted by molar-refractivity contribution is 7.47. The van der Waals surface area contributed by atoms with Gasteiger partial charge >= 0.3 is 33.6 Å². The lowest BCUT2D eigenvalue weighted by atomic mass is 10.0. The number of carbonyl (C=O) groups is 3. The molecule has 5 atom stereocenters. The van der Waals surface area contributed by atoms with Crippen molar-refractivity contribution in [2.75, 3.05) is 39.6 Å². The van der Waals surface area contributed by atoms with Crippen molar-refractivity contribution < 1.29 is 75.8 Å². The molecule has 4 N–H and O–H groups in total. The predicted octanol–water partition coefficient (Wildman–Crippen LogP) is 33.2. The molecule has 0 heterocycles. The van der Waals surface area contributed by atoms with Crippen molar-refractivity contribution in [3.8, 4) is 0 Å². The topological polar surface area (TPSA) is 231 Å². The number of aliphatic hydroxyl groups excluding tert-OH is 2. The zero-order chi connectivity index (χ0) is 95.0. The average Bonchev–Trinajstić information content (AvgIpc) is 0.898. The molecule has 0 aromatic rings. The highest BCUT2D eigenvalue weighted by Gasteiger charge is 2.30. The Balaban J connectivity index is 4.60. The van der Waals surface area contributed by atoms with Crippen molar-refractivity contribution in [1.29, 1.82) is 0 Å². The van der Waals surface area contributed by atoms with Gasteiger partial charge < -0.3 is 34.2 Å². The van der Waals surface area contributed by atoms with E-state index in [-0.39, 0.29) is 19.3 Å². The minimum absolute atomic E-state index is 0.0816. The van der Waals surface area contributed by atoms with Crippen LogP contribution in [0.25, 0.3) is 0 Å². The lowest BCUT2D eigenvalue weighted by Gasteiger charge is -2.21. The smallest absolute Gasteiger partial charge is 0.463 e. The molecule has 0 saturated carbocycles. The minimum atomic E-state index is -4.96. The van der Waals surface area contributed by atoms with E-state index in [1.54, 1.807) is 0 Å². The Morgan fingerprint density at radius 1 is 0.214 bits per heavy atom. The second kappa shape index (κ2) is 103. The van der Waals surface area contributed by atoms with Crippen LogP contribution >= 0.6 is 15.6 Å². The van der Waals surface area contributed by atoms with Gasteiger partial charge in [-0.1, -0.05) is 445 Å². The maximum atomic E-state index is 13.1. The molecular formula is C113H188O16P2. The molecule has 0 aliphatic carbocycles. The van der Waals surface area contributed by atoms with Crippen LogP contribution in [0.3, 0.4) is 0 Å². The van der Waals surface area contributed by atoms with Crippen molar-refractivity contribution in [2.45, 2.75) is 437 Å². The van der Waals surface area contributed by atoms with Crippen LogP contribution in [0.1, 0.15) is 419 Å². The van der Waals surface area contributed by atoms with Crippen LogP contribution in [-0.4, -0.2) is 95.9 Å². The first kappa shape index (κ1) is 125. The summed E-state index contributed by atoms with van der Waals surface area (Å²) in [6.45, 7) is 2.37. The van der Waals surface area contributed by atoms with Crippen LogP contribution in [0, 0.1) is 0 Å². The Labute approximate surface area is 800 Å². The van der Waals surface area contributed by atoms with Crippen molar-refractivity contribution in [3.05, 3.63) is 219 Å². The van der Waals surface area contributed by atoms with Gasteiger partial charge in [-0.15, -0.1) is 0 Å². The van der Waals surface area contributed by atoms with Crippen molar-refractivity contribution in [1.82, 2.24) is 0 Å². The zero-order valence-electron chi connectivity index (χ0n) is 82.7. The highest BCUT2D eigenvalue weighted by atomic mass is 31.2. The molecule has 0 radical (unpaired) electrons. The number of aliphatic hydroxyl groups is 2. The molecule has 5 unspecified atom stereocenters. The number of rotatable bonds is 97. The summed E-state index contributed by atoms with van der Waals surface area (Å²) < 4.78 is 61.7. The summed E-state index contributed by atoms with van der Waals surface area (Å²) >= 11 is 0. The molecule has 16 nitrogen and oxygen atoms in total. The number of phosphoric acid groups is 2. The maximum Gasteiger partial charge on any atom is 0.472 e. The molecule has 0 aliphatic rings. The first-order valence-electron chi connectivity index (χ1n) is 52.0. The number of esters is 3. The first-order chi connectivity index (χ1) is 64.2. The number of hydrogen-bond donors (Lipinski definition) is 4. The van der Waals surface area contributed by atoms with Gasteiger partial charge in [0.05, 0.1) is 26.4 Å². The molecule has 0 saturated heterocycles. The zero-order valence-corrected chi connectivity index (χ0v) is 84.5. The summed E-state index contributed by atoms with van der Waals surface area (Å²) in [6, 6.07) is 0. The van der Waals surface area contributed by atoms with Crippen LogP contribution in [-0.2, 0) is 55.8 Å². The van der Waals surface area contributed by atoms with Gasteiger partial charge in [-0.2, -0.15) is 0 Å². The van der Waals surface area contributed by atoms with E-state index in [0.29, 0.717) is 19.3 Å². The van der Waals surface area contributed by atoms with Crippen molar-refractivity contribution in [2.24, 2.45) is 0 Å². The standard InChI is InChI=1S/C113H188O16P2/c1-4-7-10-13-16-19-22-25-28-31-34-37-40-43-45-47-49-51-53-55-57-59-61-64-66-69-72-75-78-81-84-87-90-93-96-99-111(116)123-102-108(114)103-125-130(119,120)126-104-109(115)105-127-131(121,122)128-107-110(129-113(118)101-98-95-92-89-86-83-80-77-74-71-68-63-42-39-36-33-30-27-24-21-18-15-12-9-6-3)106-124-112(117)100-97-94-91-88-85-82-79-76-73-70-67-65-62-60-58-56-54-52-50-48-46-44-41-38-35-32-29-26-23-20-17-14-11-8-5-2/h7-12,16-21,25-30,34-39,43-46,49-52,63,68,74,77,108-110,114-115H,4-6,13-15,22-24,31-33,40-42,47-48,53-62,64-67,69-73,75-76,78-107H2,1-3H3,(H,119,120)(H,121,122)/b10-7-,11-8-,12-9-,19-16-,20-17-,21-18-,28-25-,29-26-,30-27-,37-34-,38-35-,39-36-,45-43-,46-44-,51-49-,52-50-,68-63-,77-74-. The molecule has 0 spiro atoms. The fourth-order valence-corrected chi connectivity index (χ4v) is 15.5. The molecular weight excluding hydrogens is 1680 g/mol. The summed E-state index contributed by atoms with van der Waals surface area (Å²) in [5.74, 6) is -1.58. The second-order valence-corrected chi connectivity index (χ2v) is 37.1. The second-order valence-electron chi connectivity index (χ2n) is 34.2. The van der Waals surface area contributed by atoms with Crippen LogP contribution in [0.5, 0.6) is 0 Å². The molecule has 0 bridgehead atoms. The summed E-state index contributed by atoms with van der Waals surface area (Å²) in [7, 11) is -9.83. The molecule has 746 valence electrons. The monoisotopic (exact) mass is 1860 g/mol. The lowest BCUT2D eigenvalue weighted by molar-refractivity contribution is -0.161. The number of phosphoric ester groups is 2. The van der Waals surface area contributed by atoms with Crippen LogP contribution in [0.4, 0.5) is 0 Å². The van der Waals surface area contributed by atoms with Crippen LogP contribution in [0.2, 0.25) is 0 Å². The summed E-state index contributed by atoms with van der Waals surface area (Å²) in [5, 5.41) is 20.8. The fourth-order valence-electron chi connectivity index (χ4n) is 13.9. The van der Waals surface area contributed by atoms with Gasteiger partial charge in [0.2, 0.25) is 0 Å². The van der Waals surface area contributed by atoms with E-state index in [0.717, 1.165) is 199 Å². The van der Waals surface area contributed by atoms with E-state index in [2.05, 4.69) is 240 Å². The molecule has 18 heteroatoms. The predicted molar refractivity (Wildman–Crippen MR) is 555 cm³/mol. The Hall–Kier alpha value is -6.13. The molecule has 0 aromatic heterocycles. The Kier molecular flexibility index (Phi) is 98.0. The Morgan fingerprint density at radius 3 is 0.603 bits per heavy atom. The lowest BCUT2D eigenvalue weighted by Crippen LogP contribution is -2.30. The normalized spacial score (nSPS) is 14.5. The van der Waals surface area contributed by atoms with Gasteiger partial charge in [-0.05, 0) is 173 Å². The van der Waals surface area contributed by atoms with E-state index in [1.807, 2.05) is 0 Å². The summed E-state index contributed by atoms with van der Waals surface area (Å²) in [4.78, 5) is 59.2. The van der Waals surface area contributed by atoms with Crippen LogP contribution in [0.15, 0.2) is 219 Å². The van der Waals surface area contributed by atoms with Crippen molar-refractivity contribution >= 4 is 33.6 Å². The van der Waals surface area contributed by atoms with Crippen molar-refractivity contribution in [3.63, 3.8) is 0 Å². The van der Waals surface area contributed by atoms with Gasteiger partial charge in [0.15, 0.2) is 6.10 Å².